The molecule has 0 aliphatic carbocycles. The molecule has 3 nitrogen and oxygen atoms in total. The van der Waals surface area contributed by atoms with Crippen molar-refractivity contribution < 1.29 is 14.2 Å². The summed E-state index contributed by atoms with van der Waals surface area (Å²) in [5.74, 6) is 0. The third-order valence-corrected chi connectivity index (χ3v) is 2.24. The van der Waals surface area contributed by atoms with E-state index in [0.717, 1.165) is 6.42 Å². The second-order valence-corrected chi connectivity index (χ2v) is 3.02. The first-order valence-corrected chi connectivity index (χ1v) is 4.59. The molecule has 0 saturated carbocycles. The van der Waals surface area contributed by atoms with Gasteiger partial charge in [-0.1, -0.05) is 6.92 Å². The summed E-state index contributed by atoms with van der Waals surface area (Å²) in [6.45, 7) is 2.01. The van der Waals surface area contributed by atoms with E-state index < -0.39 is 9.03 Å². The Balaban J connectivity index is 2.37. The fraction of sp³-hybridized carbons (Fsp3) is 1.00. The summed E-state index contributed by atoms with van der Waals surface area (Å²) in [7, 11) is 5.08. The Labute approximate surface area is 69.8 Å². The number of ether oxygens (including phenoxy) is 1. The van der Waals surface area contributed by atoms with Crippen LogP contribution in [0.1, 0.15) is 19.8 Å². The Morgan fingerprint density at radius 2 is 2.55 bits per heavy atom. The van der Waals surface area contributed by atoms with E-state index in [1.165, 1.54) is 0 Å². The van der Waals surface area contributed by atoms with Gasteiger partial charge >= 0.3 is 0 Å². The van der Waals surface area contributed by atoms with E-state index in [0.29, 0.717) is 6.42 Å². The third-order valence-electron chi connectivity index (χ3n) is 1.84. The molecule has 0 aromatic rings. The molecule has 11 heavy (non-hydrogen) atoms. The summed E-state index contributed by atoms with van der Waals surface area (Å²) in [4.78, 5) is 8.54. The topological polar surface area (TPSA) is 38.7 Å². The molecule has 2 radical (unpaired) electrons. The summed E-state index contributed by atoms with van der Waals surface area (Å²) >= 11 is 0. The van der Waals surface area contributed by atoms with Gasteiger partial charge in [-0.15, -0.1) is 0 Å². The highest BCUT2D eigenvalue weighted by Crippen LogP contribution is 2.27. The van der Waals surface area contributed by atoms with E-state index in [1.807, 2.05) is 6.92 Å². The van der Waals surface area contributed by atoms with Crippen molar-refractivity contribution in [2.24, 2.45) is 0 Å². The number of hydrogen-bond acceptors (Lipinski definition) is 3. The zero-order valence-corrected chi connectivity index (χ0v) is 7.49. The fourth-order valence-corrected chi connectivity index (χ4v) is 1.68. The average Bonchev–Trinajstić information content (AvgIpc) is 2.32. The molecule has 5 heteroatoms. The normalized spacial score (nSPS) is 38.9. The highest BCUT2D eigenvalue weighted by Gasteiger charge is 2.31. The van der Waals surface area contributed by atoms with Crippen LogP contribution in [0.15, 0.2) is 0 Å². The lowest BCUT2D eigenvalue weighted by molar-refractivity contribution is 0.0425. The molecule has 1 aliphatic heterocycles. The first-order chi connectivity index (χ1) is 5.27. The SMILES string of the molecule is [B]C1CC(OPO)C(CC)O1. The van der Waals surface area contributed by atoms with E-state index in [-0.39, 0.29) is 18.2 Å². The molecule has 1 heterocycles. The first kappa shape index (κ1) is 9.46. The minimum Gasteiger partial charge on any atom is -0.382 e. The first-order valence-electron chi connectivity index (χ1n) is 3.73. The second-order valence-electron chi connectivity index (χ2n) is 2.60. The molecule has 62 valence electrons. The van der Waals surface area contributed by atoms with Crippen molar-refractivity contribution in [2.45, 2.75) is 38.0 Å². The molecule has 1 saturated heterocycles. The van der Waals surface area contributed by atoms with Crippen LogP contribution in [-0.2, 0) is 9.26 Å². The predicted octanol–water partition coefficient (Wildman–Crippen LogP) is 0.566. The van der Waals surface area contributed by atoms with Gasteiger partial charge in [0.1, 0.15) is 7.85 Å². The van der Waals surface area contributed by atoms with Gasteiger partial charge in [0.25, 0.3) is 0 Å². The smallest absolute Gasteiger partial charge is 0.152 e. The Morgan fingerprint density at radius 1 is 1.82 bits per heavy atom. The van der Waals surface area contributed by atoms with Crippen molar-refractivity contribution >= 4 is 16.9 Å². The lowest BCUT2D eigenvalue weighted by atomic mass is 9.96. The van der Waals surface area contributed by atoms with Crippen LogP contribution in [-0.4, -0.2) is 31.0 Å². The molecule has 1 rings (SSSR count). The molecular weight excluding hydrogens is 162 g/mol. The highest BCUT2D eigenvalue weighted by molar-refractivity contribution is 7.25. The van der Waals surface area contributed by atoms with Crippen molar-refractivity contribution in [3.8, 4) is 0 Å². The van der Waals surface area contributed by atoms with Crippen LogP contribution >= 0.6 is 9.03 Å². The Hall–Kier alpha value is 0.375. The summed E-state index contributed by atoms with van der Waals surface area (Å²) in [5, 5.41) is 0. The van der Waals surface area contributed by atoms with Crippen molar-refractivity contribution in [2.75, 3.05) is 0 Å². The van der Waals surface area contributed by atoms with Crippen LogP contribution in [0.4, 0.5) is 0 Å². The third kappa shape index (κ3) is 2.41. The molecule has 0 aromatic carbocycles. The predicted molar refractivity (Wildman–Crippen MR) is 44.7 cm³/mol. The standard InChI is InChI=1S/C6H12BO3P/c1-2-4-5(10-11-8)3-6(7)9-4/h4-6,8,11H,2-3H2,1H3. The number of rotatable bonds is 3. The summed E-state index contributed by atoms with van der Waals surface area (Å²) in [6.07, 6.45) is 1.61. The van der Waals surface area contributed by atoms with Gasteiger partial charge < -0.3 is 14.2 Å². The zero-order chi connectivity index (χ0) is 8.27. The summed E-state index contributed by atoms with van der Waals surface area (Å²) in [6, 6.07) is -0.221. The Bertz CT molecular complexity index is 124. The van der Waals surface area contributed by atoms with E-state index in [1.54, 1.807) is 0 Å². The largest absolute Gasteiger partial charge is 0.382 e. The van der Waals surface area contributed by atoms with Crippen molar-refractivity contribution in [3.63, 3.8) is 0 Å². The van der Waals surface area contributed by atoms with Gasteiger partial charge in [0.05, 0.1) is 12.2 Å². The molecule has 1 N–H and O–H groups in total. The molecule has 0 bridgehead atoms. The minimum absolute atomic E-state index is 0.0154. The lowest BCUT2D eigenvalue weighted by Gasteiger charge is -2.14. The van der Waals surface area contributed by atoms with Gasteiger partial charge in [0, 0.05) is 6.00 Å². The summed E-state index contributed by atoms with van der Waals surface area (Å²) < 4.78 is 10.4. The van der Waals surface area contributed by atoms with Crippen molar-refractivity contribution in [1.82, 2.24) is 0 Å². The molecule has 0 amide bonds. The maximum Gasteiger partial charge on any atom is 0.152 e. The Morgan fingerprint density at radius 3 is 3.09 bits per heavy atom. The highest BCUT2D eigenvalue weighted by atomic mass is 31.1. The van der Waals surface area contributed by atoms with E-state index >= 15 is 0 Å². The zero-order valence-electron chi connectivity index (χ0n) is 6.49. The molecule has 1 aliphatic rings. The van der Waals surface area contributed by atoms with E-state index in [4.69, 9.17) is 22.0 Å². The average molecular weight is 174 g/mol. The molecule has 1 fully saturated rings. The molecule has 4 unspecified atom stereocenters. The monoisotopic (exact) mass is 174 g/mol. The van der Waals surface area contributed by atoms with Gasteiger partial charge in [-0.2, -0.15) is 0 Å². The molecule has 0 aromatic heterocycles. The molecule has 4 atom stereocenters. The van der Waals surface area contributed by atoms with Gasteiger partial charge in [-0.25, -0.2) is 0 Å². The van der Waals surface area contributed by atoms with Crippen molar-refractivity contribution in [1.29, 1.82) is 0 Å². The van der Waals surface area contributed by atoms with Gasteiger partial charge in [-0.3, -0.25) is 0 Å². The van der Waals surface area contributed by atoms with Gasteiger partial charge in [0.15, 0.2) is 9.03 Å². The molecular formula is C6H12BO3P. The van der Waals surface area contributed by atoms with Gasteiger partial charge in [-0.05, 0) is 12.8 Å². The maximum atomic E-state index is 8.54. The second kappa shape index (κ2) is 4.41. The van der Waals surface area contributed by atoms with Crippen LogP contribution in [0.3, 0.4) is 0 Å². The number of hydrogen-bond donors (Lipinski definition) is 1. The van der Waals surface area contributed by atoms with Crippen LogP contribution in [0.2, 0.25) is 0 Å². The molecule has 0 spiro atoms. The summed E-state index contributed by atoms with van der Waals surface area (Å²) in [5.41, 5.74) is 0. The van der Waals surface area contributed by atoms with Crippen LogP contribution in [0.25, 0.3) is 0 Å². The van der Waals surface area contributed by atoms with Crippen LogP contribution in [0, 0.1) is 0 Å². The van der Waals surface area contributed by atoms with E-state index in [9.17, 15) is 0 Å². The maximum absolute atomic E-state index is 8.54. The fourth-order valence-electron chi connectivity index (χ4n) is 1.30. The lowest BCUT2D eigenvalue weighted by Crippen LogP contribution is -2.20. The van der Waals surface area contributed by atoms with Crippen molar-refractivity contribution in [3.05, 3.63) is 0 Å². The van der Waals surface area contributed by atoms with Crippen LogP contribution < -0.4 is 0 Å². The Kier molecular flexibility index (Phi) is 3.80. The quantitative estimate of drug-likeness (QED) is 0.501. The van der Waals surface area contributed by atoms with Crippen LogP contribution in [0.5, 0.6) is 0 Å². The minimum atomic E-state index is -0.465. The van der Waals surface area contributed by atoms with E-state index in [2.05, 4.69) is 0 Å². The van der Waals surface area contributed by atoms with Gasteiger partial charge in [0.2, 0.25) is 0 Å².